The first-order valence-electron chi connectivity index (χ1n) is 7.55. The van der Waals surface area contributed by atoms with Crippen molar-refractivity contribution < 1.29 is 18.7 Å². The molecule has 1 saturated carbocycles. The van der Waals surface area contributed by atoms with E-state index in [0.29, 0.717) is 38.5 Å². The fraction of sp³-hybridized carbons (Fsp3) is 0.714. The second-order valence-corrected chi connectivity index (χ2v) is 5.96. The van der Waals surface area contributed by atoms with Gasteiger partial charge in [0.2, 0.25) is 0 Å². The molecule has 8 heteroatoms. The van der Waals surface area contributed by atoms with Crippen LogP contribution < -0.4 is 0 Å². The fourth-order valence-corrected chi connectivity index (χ4v) is 3.11. The number of hydrogen-bond acceptors (Lipinski definition) is 4. The van der Waals surface area contributed by atoms with Crippen molar-refractivity contribution in [1.82, 2.24) is 19.4 Å². The zero-order chi connectivity index (χ0) is 15.7. The Morgan fingerprint density at radius 3 is 2.55 bits per heavy atom. The molecule has 1 aliphatic carbocycles. The molecule has 22 heavy (non-hydrogen) atoms. The maximum Gasteiger partial charge on any atom is 0.321 e. The van der Waals surface area contributed by atoms with Crippen LogP contribution in [0.3, 0.4) is 0 Å². The normalized spacial score (nSPS) is 22.1. The number of imidazole rings is 1. The molecule has 0 bridgehead atoms. The molecule has 1 N–H and O–H groups in total. The quantitative estimate of drug-likeness (QED) is 0.856. The summed E-state index contributed by atoms with van der Waals surface area (Å²) in [5.41, 5.74) is 0. The first-order chi connectivity index (χ1) is 10.6. The Balaban J connectivity index is 1.55. The van der Waals surface area contributed by atoms with Crippen LogP contribution in [0.2, 0.25) is 0 Å². The Labute approximate surface area is 127 Å². The lowest BCUT2D eigenvalue weighted by molar-refractivity contribution is -0.145. The van der Waals surface area contributed by atoms with E-state index in [1.165, 1.54) is 12.4 Å². The average molecular weight is 314 g/mol. The Morgan fingerprint density at radius 2 is 2.00 bits per heavy atom. The van der Waals surface area contributed by atoms with Crippen molar-refractivity contribution in [3.05, 3.63) is 18.2 Å². The molecule has 3 rings (SSSR count). The minimum Gasteiger partial charge on any atom is -0.480 e. The van der Waals surface area contributed by atoms with Crippen molar-refractivity contribution in [3.8, 4) is 0 Å². The number of rotatable bonds is 6. The summed E-state index contributed by atoms with van der Waals surface area (Å²) in [4.78, 5) is 19.4. The first-order valence-corrected chi connectivity index (χ1v) is 7.55. The van der Waals surface area contributed by atoms with Gasteiger partial charge in [-0.05, 0) is 18.8 Å². The second-order valence-electron chi connectivity index (χ2n) is 5.96. The maximum absolute atomic E-state index is 12.8. The van der Waals surface area contributed by atoms with E-state index < -0.39 is 12.5 Å². The molecular weight excluding hydrogens is 294 g/mol. The predicted octanol–water partition coefficient (Wildman–Crippen LogP) is 1.26. The van der Waals surface area contributed by atoms with Gasteiger partial charge in [0.25, 0.3) is 0 Å². The molecule has 1 aliphatic heterocycles. The minimum atomic E-state index is -2.58. The van der Waals surface area contributed by atoms with Gasteiger partial charge in [0.15, 0.2) is 0 Å². The van der Waals surface area contributed by atoms with Gasteiger partial charge in [-0.25, -0.2) is 4.98 Å². The standard InChI is InChI=1S/C14H20F2N4O2/c15-14(16)20-4-3-17-11(20)9-18-5-7-19(8-6-18)12(13(21)22)10-1-2-10/h3-4,10,12,14H,1-2,5-9H2,(H,21,22). The molecule has 0 aromatic carbocycles. The third-order valence-corrected chi connectivity index (χ3v) is 4.45. The molecular formula is C14H20F2N4O2. The second kappa shape index (κ2) is 6.29. The predicted molar refractivity (Wildman–Crippen MR) is 74.5 cm³/mol. The topological polar surface area (TPSA) is 61.6 Å². The highest BCUT2D eigenvalue weighted by Gasteiger charge is 2.41. The number of carboxylic acid groups (broad SMARTS) is 1. The van der Waals surface area contributed by atoms with Crippen LogP contribution in [0, 0.1) is 5.92 Å². The molecule has 2 fully saturated rings. The first kappa shape index (κ1) is 15.4. The van der Waals surface area contributed by atoms with E-state index in [9.17, 15) is 18.7 Å². The van der Waals surface area contributed by atoms with Gasteiger partial charge in [-0.2, -0.15) is 8.78 Å². The monoisotopic (exact) mass is 314 g/mol. The number of alkyl halides is 2. The van der Waals surface area contributed by atoms with E-state index in [1.807, 2.05) is 9.80 Å². The summed E-state index contributed by atoms with van der Waals surface area (Å²) in [5, 5.41) is 9.35. The highest BCUT2D eigenvalue weighted by Crippen LogP contribution is 2.35. The van der Waals surface area contributed by atoms with Gasteiger partial charge >= 0.3 is 12.5 Å². The highest BCUT2D eigenvalue weighted by atomic mass is 19.3. The molecule has 2 aliphatic rings. The maximum atomic E-state index is 12.8. The van der Waals surface area contributed by atoms with E-state index in [2.05, 4.69) is 4.98 Å². The van der Waals surface area contributed by atoms with Crippen molar-refractivity contribution in [1.29, 1.82) is 0 Å². The summed E-state index contributed by atoms with van der Waals surface area (Å²) >= 11 is 0. The summed E-state index contributed by atoms with van der Waals surface area (Å²) in [6, 6.07) is -0.384. The molecule has 1 unspecified atom stereocenters. The summed E-state index contributed by atoms with van der Waals surface area (Å²) in [6.07, 6.45) is 4.64. The van der Waals surface area contributed by atoms with Gasteiger partial charge in [-0.3, -0.25) is 19.2 Å². The number of carboxylic acids is 1. The van der Waals surface area contributed by atoms with Crippen LogP contribution in [0.5, 0.6) is 0 Å². The minimum absolute atomic E-state index is 0.279. The Morgan fingerprint density at radius 1 is 1.32 bits per heavy atom. The molecule has 1 aromatic heterocycles. The SMILES string of the molecule is O=C(O)C(C1CC1)N1CCN(Cc2nccn2C(F)F)CC1. The van der Waals surface area contributed by atoms with Gasteiger partial charge in [0, 0.05) is 38.6 Å². The number of aliphatic carboxylic acids is 1. The van der Waals surface area contributed by atoms with Crippen molar-refractivity contribution in [2.24, 2.45) is 5.92 Å². The Kier molecular flexibility index (Phi) is 4.39. The Bertz CT molecular complexity index is 525. The smallest absolute Gasteiger partial charge is 0.321 e. The van der Waals surface area contributed by atoms with Crippen LogP contribution in [0.15, 0.2) is 12.4 Å². The van der Waals surface area contributed by atoms with Crippen LogP contribution in [-0.2, 0) is 11.3 Å². The number of carbonyl (C=O) groups is 1. The van der Waals surface area contributed by atoms with Gasteiger partial charge in [-0.1, -0.05) is 0 Å². The summed E-state index contributed by atoms with van der Waals surface area (Å²) in [5.74, 6) is -0.119. The lowest BCUT2D eigenvalue weighted by atomic mass is 10.1. The Hall–Kier alpha value is -1.54. The van der Waals surface area contributed by atoms with E-state index in [-0.39, 0.29) is 12.0 Å². The van der Waals surface area contributed by atoms with Crippen LogP contribution >= 0.6 is 0 Å². The molecule has 6 nitrogen and oxygen atoms in total. The average Bonchev–Trinajstić information content (AvgIpc) is 3.18. The van der Waals surface area contributed by atoms with Crippen molar-refractivity contribution in [2.75, 3.05) is 26.2 Å². The lowest BCUT2D eigenvalue weighted by Crippen LogP contribution is -2.53. The largest absolute Gasteiger partial charge is 0.480 e. The highest BCUT2D eigenvalue weighted by molar-refractivity contribution is 5.74. The van der Waals surface area contributed by atoms with Crippen LogP contribution in [-0.4, -0.2) is 62.6 Å². The molecule has 0 amide bonds. The molecule has 0 radical (unpaired) electrons. The summed E-state index contributed by atoms with van der Waals surface area (Å²) in [6.45, 7) is 0.446. The molecule has 122 valence electrons. The molecule has 1 atom stereocenters. The van der Waals surface area contributed by atoms with Crippen molar-refractivity contribution in [3.63, 3.8) is 0 Å². The molecule has 1 saturated heterocycles. The summed E-state index contributed by atoms with van der Waals surface area (Å²) < 4.78 is 26.5. The number of halogens is 2. The van der Waals surface area contributed by atoms with E-state index in [4.69, 9.17) is 0 Å². The molecule has 0 spiro atoms. The van der Waals surface area contributed by atoms with Crippen molar-refractivity contribution in [2.45, 2.75) is 32.0 Å². The van der Waals surface area contributed by atoms with Crippen LogP contribution in [0.1, 0.15) is 25.2 Å². The van der Waals surface area contributed by atoms with Crippen molar-refractivity contribution >= 4 is 5.97 Å². The van der Waals surface area contributed by atoms with Crippen LogP contribution in [0.4, 0.5) is 8.78 Å². The number of nitrogens with zero attached hydrogens (tertiary/aromatic N) is 4. The molecule has 1 aromatic rings. The summed E-state index contributed by atoms with van der Waals surface area (Å²) in [7, 11) is 0. The number of hydrogen-bond donors (Lipinski definition) is 1. The van der Waals surface area contributed by atoms with Crippen LogP contribution in [0.25, 0.3) is 0 Å². The zero-order valence-electron chi connectivity index (χ0n) is 12.2. The zero-order valence-corrected chi connectivity index (χ0v) is 12.2. The third kappa shape index (κ3) is 3.27. The lowest BCUT2D eigenvalue weighted by Gasteiger charge is -2.37. The van der Waals surface area contributed by atoms with Gasteiger partial charge in [0.05, 0.1) is 6.54 Å². The van der Waals surface area contributed by atoms with E-state index >= 15 is 0 Å². The van der Waals surface area contributed by atoms with E-state index in [1.54, 1.807) is 0 Å². The number of piperazine rings is 1. The van der Waals surface area contributed by atoms with Gasteiger partial charge in [0.1, 0.15) is 11.9 Å². The molecule has 2 heterocycles. The van der Waals surface area contributed by atoms with E-state index in [0.717, 1.165) is 17.4 Å². The van der Waals surface area contributed by atoms with Gasteiger partial charge < -0.3 is 5.11 Å². The third-order valence-electron chi connectivity index (χ3n) is 4.45. The van der Waals surface area contributed by atoms with Gasteiger partial charge in [-0.15, -0.1) is 0 Å². The fourth-order valence-electron chi connectivity index (χ4n) is 3.11. The number of aromatic nitrogens is 2.